The van der Waals surface area contributed by atoms with Gasteiger partial charge in [0.1, 0.15) is 0 Å². The minimum Gasteiger partial charge on any atom is -0.396 e. The Bertz CT molecular complexity index is 327. The summed E-state index contributed by atoms with van der Waals surface area (Å²) >= 11 is 0. The van der Waals surface area contributed by atoms with Crippen LogP contribution < -0.4 is 0 Å². The second kappa shape index (κ2) is 7.79. The molecular formula is C13H20N2O2. The zero-order valence-corrected chi connectivity index (χ0v) is 10.3. The number of likely N-dealkylation sites (N-methyl/N-ethyl adjacent to an activating group) is 1. The average molecular weight is 236 g/mol. The zero-order valence-electron chi connectivity index (χ0n) is 10.3. The van der Waals surface area contributed by atoms with Gasteiger partial charge < -0.3 is 10.0 Å². The third kappa shape index (κ3) is 5.45. The van der Waals surface area contributed by atoms with E-state index in [1.165, 1.54) is 0 Å². The van der Waals surface area contributed by atoms with Crippen LogP contribution in [-0.4, -0.2) is 41.1 Å². The highest BCUT2D eigenvalue weighted by Gasteiger charge is 2.08. The lowest BCUT2D eigenvalue weighted by Gasteiger charge is -2.16. The van der Waals surface area contributed by atoms with Crippen LogP contribution in [0.5, 0.6) is 0 Å². The molecule has 0 aromatic carbocycles. The standard InChI is InChI=1S/C13H20N2O2/c1-15(8-3-2-4-9-16)13(17)10-12-6-5-7-14-11-12/h5-7,11,16H,2-4,8-10H2,1H3. The Labute approximate surface area is 102 Å². The topological polar surface area (TPSA) is 53.4 Å². The number of hydrogen-bond acceptors (Lipinski definition) is 3. The van der Waals surface area contributed by atoms with Crippen LogP contribution in [-0.2, 0) is 11.2 Å². The van der Waals surface area contributed by atoms with Gasteiger partial charge in [-0.05, 0) is 30.9 Å². The normalized spacial score (nSPS) is 10.2. The predicted molar refractivity (Wildman–Crippen MR) is 66.5 cm³/mol. The van der Waals surface area contributed by atoms with Crippen LogP contribution in [0, 0.1) is 0 Å². The molecule has 0 radical (unpaired) electrons. The summed E-state index contributed by atoms with van der Waals surface area (Å²) in [5.41, 5.74) is 0.944. The molecule has 0 spiro atoms. The van der Waals surface area contributed by atoms with Gasteiger partial charge in [-0.15, -0.1) is 0 Å². The zero-order chi connectivity index (χ0) is 12.5. The first-order valence-corrected chi connectivity index (χ1v) is 5.97. The third-order valence-electron chi connectivity index (χ3n) is 2.66. The molecule has 1 amide bonds. The molecule has 0 fully saturated rings. The first-order valence-electron chi connectivity index (χ1n) is 5.97. The fraction of sp³-hybridized carbons (Fsp3) is 0.538. The Balaban J connectivity index is 2.27. The number of amides is 1. The molecule has 0 unspecified atom stereocenters. The number of aliphatic hydroxyl groups excluding tert-OH is 1. The van der Waals surface area contributed by atoms with Crippen molar-refractivity contribution in [2.24, 2.45) is 0 Å². The van der Waals surface area contributed by atoms with Gasteiger partial charge in [0.25, 0.3) is 0 Å². The van der Waals surface area contributed by atoms with Crippen LogP contribution in [0.1, 0.15) is 24.8 Å². The lowest BCUT2D eigenvalue weighted by atomic mass is 10.2. The summed E-state index contributed by atoms with van der Waals surface area (Å²) in [4.78, 5) is 17.6. The molecule has 1 N–H and O–H groups in total. The Kier molecular flexibility index (Phi) is 6.25. The highest BCUT2D eigenvalue weighted by molar-refractivity contribution is 5.78. The fourth-order valence-electron chi connectivity index (χ4n) is 1.57. The van der Waals surface area contributed by atoms with Gasteiger partial charge in [0, 0.05) is 32.6 Å². The molecule has 0 aliphatic heterocycles. The molecule has 4 heteroatoms. The van der Waals surface area contributed by atoms with Crippen molar-refractivity contribution in [1.29, 1.82) is 0 Å². The molecule has 0 aliphatic carbocycles. The molecule has 94 valence electrons. The number of aliphatic hydroxyl groups is 1. The molecule has 0 saturated heterocycles. The van der Waals surface area contributed by atoms with Gasteiger partial charge >= 0.3 is 0 Å². The smallest absolute Gasteiger partial charge is 0.226 e. The van der Waals surface area contributed by atoms with Gasteiger partial charge in [0.15, 0.2) is 0 Å². The van der Waals surface area contributed by atoms with Crippen LogP contribution in [0.25, 0.3) is 0 Å². The number of unbranched alkanes of at least 4 members (excludes halogenated alkanes) is 2. The summed E-state index contributed by atoms with van der Waals surface area (Å²) in [6.07, 6.45) is 6.54. The molecular weight excluding hydrogens is 216 g/mol. The van der Waals surface area contributed by atoms with Gasteiger partial charge in [-0.25, -0.2) is 0 Å². The summed E-state index contributed by atoms with van der Waals surface area (Å²) in [7, 11) is 1.82. The summed E-state index contributed by atoms with van der Waals surface area (Å²) in [5, 5.41) is 8.65. The Hall–Kier alpha value is -1.42. The van der Waals surface area contributed by atoms with Crippen molar-refractivity contribution in [2.45, 2.75) is 25.7 Å². The number of rotatable bonds is 7. The van der Waals surface area contributed by atoms with Crippen LogP contribution in [0.15, 0.2) is 24.5 Å². The molecule has 1 heterocycles. The van der Waals surface area contributed by atoms with Crippen molar-refractivity contribution < 1.29 is 9.90 Å². The largest absolute Gasteiger partial charge is 0.396 e. The summed E-state index contributed by atoms with van der Waals surface area (Å²) in [6.45, 7) is 0.979. The van der Waals surface area contributed by atoms with Crippen LogP contribution in [0.2, 0.25) is 0 Å². The van der Waals surface area contributed by atoms with Crippen LogP contribution in [0.3, 0.4) is 0 Å². The molecule has 1 aromatic rings. The van der Waals surface area contributed by atoms with Crippen molar-refractivity contribution in [3.05, 3.63) is 30.1 Å². The molecule has 17 heavy (non-hydrogen) atoms. The number of pyridine rings is 1. The Morgan fingerprint density at radius 1 is 1.41 bits per heavy atom. The van der Waals surface area contributed by atoms with E-state index in [0.29, 0.717) is 6.42 Å². The predicted octanol–water partition coefficient (Wildman–Crippen LogP) is 1.25. The maximum absolute atomic E-state index is 11.8. The quantitative estimate of drug-likeness (QED) is 0.725. The average Bonchev–Trinajstić information content (AvgIpc) is 2.35. The van der Waals surface area contributed by atoms with Crippen molar-refractivity contribution >= 4 is 5.91 Å². The second-order valence-electron chi connectivity index (χ2n) is 4.14. The second-order valence-corrected chi connectivity index (χ2v) is 4.14. The van der Waals surface area contributed by atoms with E-state index in [9.17, 15) is 4.79 Å². The molecule has 0 saturated carbocycles. The number of nitrogens with zero attached hydrogens (tertiary/aromatic N) is 2. The fourth-order valence-corrected chi connectivity index (χ4v) is 1.57. The van der Waals surface area contributed by atoms with E-state index in [0.717, 1.165) is 31.4 Å². The first-order chi connectivity index (χ1) is 8.24. The van der Waals surface area contributed by atoms with Crippen molar-refractivity contribution in [1.82, 2.24) is 9.88 Å². The molecule has 0 aliphatic rings. The number of carbonyl (C=O) groups excluding carboxylic acids is 1. The summed E-state index contributed by atoms with van der Waals surface area (Å²) in [5.74, 6) is 0.113. The van der Waals surface area contributed by atoms with E-state index in [-0.39, 0.29) is 12.5 Å². The lowest BCUT2D eigenvalue weighted by Crippen LogP contribution is -2.29. The van der Waals surface area contributed by atoms with Crippen LogP contribution in [0.4, 0.5) is 0 Å². The summed E-state index contributed by atoms with van der Waals surface area (Å²) < 4.78 is 0. The van der Waals surface area contributed by atoms with E-state index in [2.05, 4.69) is 4.98 Å². The molecule has 0 bridgehead atoms. The highest BCUT2D eigenvalue weighted by atomic mass is 16.2. The minimum absolute atomic E-state index is 0.113. The Morgan fingerprint density at radius 2 is 2.24 bits per heavy atom. The maximum atomic E-state index is 11.8. The first kappa shape index (κ1) is 13.6. The summed E-state index contributed by atoms with van der Waals surface area (Å²) in [6, 6.07) is 3.74. The van der Waals surface area contributed by atoms with E-state index >= 15 is 0 Å². The van der Waals surface area contributed by atoms with E-state index < -0.39 is 0 Å². The van der Waals surface area contributed by atoms with Crippen molar-refractivity contribution in [3.8, 4) is 0 Å². The number of aromatic nitrogens is 1. The van der Waals surface area contributed by atoms with E-state index in [1.807, 2.05) is 19.2 Å². The highest BCUT2D eigenvalue weighted by Crippen LogP contribution is 2.02. The SMILES string of the molecule is CN(CCCCCO)C(=O)Cc1cccnc1. The van der Waals surface area contributed by atoms with Gasteiger partial charge in [0.2, 0.25) is 5.91 Å². The molecule has 4 nitrogen and oxygen atoms in total. The molecule has 0 atom stereocenters. The van der Waals surface area contributed by atoms with E-state index in [4.69, 9.17) is 5.11 Å². The van der Waals surface area contributed by atoms with Crippen molar-refractivity contribution in [3.63, 3.8) is 0 Å². The van der Waals surface area contributed by atoms with Gasteiger partial charge in [-0.3, -0.25) is 9.78 Å². The van der Waals surface area contributed by atoms with E-state index in [1.54, 1.807) is 17.3 Å². The number of hydrogen-bond donors (Lipinski definition) is 1. The van der Waals surface area contributed by atoms with Gasteiger partial charge in [0.05, 0.1) is 6.42 Å². The molecule has 1 aromatic heterocycles. The monoisotopic (exact) mass is 236 g/mol. The number of carbonyl (C=O) groups is 1. The maximum Gasteiger partial charge on any atom is 0.226 e. The van der Waals surface area contributed by atoms with Gasteiger partial charge in [-0.1, -0.05) is 6.07 Å². The van der Waals surface area contributed by atoms with Gasteiger partial charge in [-0.2, -0.15) is 0 Å². The Morgan fingerprint density at radius 3 is 2.88 bits per heavy atom. The lowest BCUT2D eigenvalue weighted by molar-refractivity contribution is -0.129. The van der Waals surface area contributed by atoms with Crippen LogP contribution >= 0.6 is 0 Å². The minimum atomic E-state index is 0.113. The third-order valence-corrected chi connectivity index (χ3v) is 2.66. The molecule has 1 rings (SSSR count). The van der Waals surface area contributed by atoms with Crippen molar-refractivity contribution in [2.75, 3.05) is 20.2 Å².